The molecule has 0 fully saturated rings. The van der Waals surface area contributed by atoms with Crippen molar-refractivity contribution in [3.63, 3.8) is 0 Å². The molecule has 0 aliphatic carbocycles. The van der Waals surface area contributed by atoms with Crippen LogP contribution in [0.1, 0.15) is 5.69 Å². The van der Waals surface area contributed by atoms with E-state index >= 15 is 0 Å². The van der Waals surface area contributed by atoms with Crippen molar-refractivity contribution in [2.24, 2.45) is 0 Å². The van der Waals surface area contributed by atoms with Crippen LogP contribution in [0.4, 0.5) is 23.3 Å². The Hall–Kier alpha value is -3.98. The summed E-state index contributed by atoms with van der Waals surface area (Å²) in [6, 6.07) is 14.7. The second kappa shape index (κ2) is 9.66. The maximum atomic E-state index is 6.13. The van der Waals surface area contributed by atoms with E-state index in [0.717, 1.165) is 16.9 Å². The number of aryl methyl sites for hydroxylation is 1. The number of hydrogen-bond acceptors (Lipinski definition) is 8. The van der Waals surface area contributed by atoms with Gasteiger partial charge in [0.1, 0.15) is 5.82 Å². The number of anilines is 4. The van der Waals surface area contributed by atoms with E-state index in [9.17, 15) is 0 Å². The highest BCUT2D eigenvalue weighted by Crippen LogP contribution is 2.41. The van der Waals surface area contributed by atoms with Crippen LogP contribution in [0.15, 0.2) is 48.5 Å². The Morgan fingerprint density at radius 2 is 1.61 bits per heavy atom. The Kier molecular flexibility index (Phi) is 6.50. The molecule has 0 aliphatic rings. The molecule has 0 bridgehead atoms. The SMILES string of the molecule is COc1cc(-c2cc(Nc3cc(C)[nH]n3)nc(Nc3cccc(Cl)c3)n2)cc(OC)c1OC. The molecular formula is C23H23ClN6O3. The second-order valence-electron chi connectivity index (χ2n) is 7.07. The Bertz CT molecular complexity index is 1250. The first-order chi connectivity index (χ1) is 16.0. The Balaban J connectivity index is 1.80. The van der Waals surface area contributed by atoms with Crippen LogP contribution >= 0.6 is 11.6 Å². The van der Waals surface area contributed by atoms with Crippen LogP contribution in [0, 0.1) is 6.92 Å². The van der Waals surface area contributed by atoms with Gasteiger partial charge in [0.2, 0.25) is 11.7 Å². The van der Waals surface area contributed by atoms with Crippen molar-refractivity contribution in [2.45, 2.75) is 6.92 Å². The smallest absolute Gasteiger partial charge is 0.229 e. The topological polar surface area (TPSA) is 106 Å². The summed E-state index contributed by atoms with van der Waals surface area (Å²) >= 11 is 6.13. The van der Waals surface area contributed by atoms with Crippen molar-refractivity contribution in [1.82, 2.24) is 20.2 Å². The van der Waals surface area contributed by atoms with E-state index in [1.54, 1.807) is 33.5 Å². The normalized spacial score (nSPS) is 10.6. The van der Waals surface area contributed by atoms with Crippen LogP contribution in [0.25, 0.3) is 11.3 Å². The number of halogens is 1. The molecule has 0 aliphatic heterocycles. The molecule has 2 aromatic carbocycles. The van der Waals surface area contributed by atoms with Crippen LogP contribution in [0.3, 0.4) is 0 Å². The fourth-order valence-electron chi connectivity index (χ4n) is 3.25. The Morgan fingerprint density at radius 1 is 0.848 bits per heavy atom. The van der Waals surface area contributed by atoms with Gasteiger partial charge in [-0.25, -0.2) is 4.98 Å². The zero-order chi connectivity index (χ0) is 23.4. The van der Waals surface area contributed by atoms with Gasteiger partial charge in [0.15, 0.2) is 17.3 Å². The van der Waals surface area contributed by atoms with E-state index in [1.165, 1.54) is 0 Å². The van der Waals surface area contributed by atoms with Crippen molar-refractivity contribution < 1.29 is 14.2 Å². The number of nitrogens with one attached hydrogen (secondary N) is 3. The summed E-state index contributed by atoms with van der Waals surface area (Å²) in [7, 11) is 4.70. The van der Waals surface area contributed by atoms with Gasteiger partial charge in [-0.2, -0.15) is 10.1 Å². The van der Waals surface area contributed by atoms with E-state index in [-0.39, 0.29) is 0 Å². The molecule has 0 saturated carbocycles. The van der Waals surface area contributed by atoms with Crippen LogP contribution in [-0.2, 0) is 0 Å². The average Bonchev–Trinajstić information content (AvgIpc) is 3.22. The minimum absolute atomic E-state index is 0.373. The summed E-state index contributed by atoms with van der Waals surface area (Å²) in [4.78, 5) is 9.29. The summed E-state index contributed by atoms with van der Waals surface area (Å²) in [5.41, 5.74) is 3.06. The first kappa shape index (κ1) is 22.2. The molecule has 4 rings (SSSR count). The van der Waals surface area contributed by atoms with Crippen molar-refractivity contribution in [3.05, 3.63) is 59.2 Å². The maximum absolute atomic E-state index is 6.13. The quantitative estimate of drug-likeness (QED) is 0.319. The number of methoxy groups -OCH3 is 3. The molecule has 2 heterocycles. The number of nitrogens with zero attached hydrogens (tertiary/aromatic N) is 3. The lowest BCUT2D eigenvalue weighted by molar-refractivity contribution is 0.324. The van der Waals surface area contributed by atoms with Gasteiger partial charge in [-0.1, -0.05) is 17.7 Å². The second-order valence-corrected chi connectivity index (χ2v) is 7.51. The van der Waals surface area contributed by atoms with Gasteiger partial charge >= 0.3 is 0 Å². The molecule has 0 unspecified atom stereocenters. The molecule has 170 valence electrons. The number of hydrogen-bond donors (Lipinski definition) is 3. The van der Waals surface area contributed by atoms with Crippen LogP contribution in [-0.4, -0.2) is 41.5 Å². The maximum Gasteiger partial charge on any atom is 0.229 e. The molecule has 0 amide bonds. The number of rotatable bonds is 8. The summed E-state index contributed by atoms with van der Waals surface area (Å²) in [6.07, 6.45) is 0. The third kappa shape index (κ3) is 5.09. The molecule has 0 atom stereocenters. The molecule has 3 N–H and O–H groups in total. The number of H-pyrrole nitrogens is 1. The minimum Gasteiger partial charge on any atom is -0.493 e. The van der Waals surface area contributed by atoms with Gasteiger partial charge in [0, 0.05) is 34.1 Å². The van der Waals surface area contributed by atoms with Crippen molar-refractivity contribution >= 4 is 34.9 Å². The van der Waals surface area contributed by atoms with Gasteiger partial charge in [-0.05, 0) is 37.3 Å². The number of ether oxygens (including phenoxy) is 3. The summed E-state index contributed by atoms with van der Waals surface area (Å²) < 4.78 is 16.4. The first-order valence-corrected chi connectivity index (χ1v) is 10.4. The zero-order valence-corrected chi connectivity index (χ0v) is 19.3. The predicted octanol–water partition coefficient (Wildman–Crippen LogP) is 5.34. The molecule has 9 nitrogen and oxygen atoms in total. The molecule has 0 radical (unpaired) electrons. The third-order valence-corrected chi connectivity index (χ3v) is 4.96. The van der Waals surface area contributed by atoms with E-state index in [2.05, 4.69) is 25.8 Å². The highest BCUT2D eigenvalue weighted by atomic mass is 35.5. The molecule has 10 heteroatoms. The zero-order valence-electron chi connectivity index (χ0n) is 18.6. The van der Waals surface area contributed by atoms with Crippen LogP contribution in [0.5, 0.6) is 17.2 Å². The van der Waals surface area contributed by atoms with E-state index in [0.29, 0.717) is 45.5 Å². The van der Waals surface area contributed by atoms with Gasteiger partial charge in [-0.15, -0.1) is 0 Å². The molecule has 2 aromatic heterocycles. The van der Waals surface area contributed by atoms with Gasteiger partial charge in [0.05, 0.1) is 27.0 Å². The third-order valence-electron chi connectivity index (χ3n) is 4.73. The lowest BCUT2D eigenvalue weighted by Gasteiger charge is -2.15. The summed E-state index contributed by atoms with van der Waals surface area (Å²) in [5, 5.41) is 14.1. The average molecular weight is 467 g/mol. The highest BCUT2D eigenvalue weighted by Gasteiger charge is 2.16. The predicted molar refractivity (Wildman–Crippen MR) is 128 cm³/mol. The number of benzene rings is 2. The van der Waals surface area contributed by atoms with Crippen LogP contribution < -0.4 is 24.8 Å². The summed E-state index contributed by atoms with van der Waals surface area (Å²) in [6.45, 7) is 1.92. The monoisotopic (exact) mass is 466 g/mol. The Morgan fingerprint density at radius 3 is 2.21 bits per heavy atom. The molecule has 33 heavy (non-hydrogen) atoms. The number of aromatic nitrogens is 4. The van der Waals surface area contributed by atoms with E-state index < -0.39 is 0 Å². The molecule has 0 saturated heterocycles. The first-order valence-electron chi connectivity index (χ1n) is 10.00. The number of aromatic amines is 1. The van der Waals surface area contributed by atoms with Crippen molar-refractivity contribution in [3.8, 4) is 28.5 Å². The molecule has 0 spiro atoms. The standard InChI is InChI=1S/C23H23ClN6O3/c1-13-8-21(30-29-13)27-20-12-17(14-9-18(31-2)22(33-4)19(10-14)32-3)26-23(28-20)25-16-7-5-6-15(24)11-16/h5-12H,1-4H3,(H3,25,26,27,28,29,30). The van der Waals surface area contributed by atoms with Gasteiger partial charge in [-0.3, -0.25) is 5.10 Å². The van der Waals surface area contributed by atoms with Crippen molar-refractivity contribution in [1.29, 1.82) is 0 Å². The highest BCUT2D eigenvalue weighted by molar-refractivity contribution is 6.30. The van der Waals surface area contributed by atoms with E-state index in [4.69, 9.17) is 30.8 Å². The van der Waals surface area contributed by atoms with Gasteiger partial charge in [0.25, 0.3) is 0 Å². The minimum atomic E-state index is 0.373. The fraction of sp³-hybridized carbons (Fsp3) is 0.174. The largest absolute Gasteiger partial charge is 0.493 e. The summed E-state index contributed by atoms with van der Waals surface area (Å²) in [5.74, 6) is 3.10. The Labute approximate surface area is 196 Å². The lowest BCUT2D eigenvalue weighted by Crippen LogP contribution is -2.03. The van der Waals surface area contributed by atoms with E-state index in [1.807, 2.05) is 43.3 Å². The lowest BCUT2D eigenvalue weighted by atomic mass is 10.1. The fourth-order valence-corrected chi connectivity index (χ4v) is 3.44. The molecular weight excluding hydrogens is 444 g/mol. The van der Waals surface area contributed by atoms with Crippen LogP contribution in [0.2, 0.25) is 5.02 Å². The van der Waals surface area contributed by atoms with Crippen molar-refractivity contribution in [2.75, 3.05) is 32.0 Å². The molecule has 4 aromatic rings. The van der Waals surface area contributed by atoms with Gasteiger partial charge < -0.3 is 24.8 Å².